The number of hydrogen-bond acceptors (Lipinski definition) is 7. The molecule has 12 heteroatoms. The van der Waals surface area contributed by atoms with Crippen LogP contribution in [-0.2, 0) is 24.3 Å². The summed E-state index contributed by atoms with van der Waals surface area (Å²) in [4.78, 5) is 24.8. The monoisotopic (exact) mass is 647 g/mol. The second-order valence-electron chi connectivity index (χ2n) is 12.2. The molecule has 0 radical (unpaired) electrons. The van der Waals surface area contributed by atoms with Gasteiger partial charge in [0.1, 0.15) is 6.17 Å². The van der Waals surface area contributed by atoms with E-state index in [9.17, 15) is 14.3 Å². The van der Waals surface area contributed by atoms with Gasteiger partial charge in [-0.2, -0.15) is 5.10 Å². The molecule has 4 atom stereocenters. The molecule has 3 aromatic heterocycles. The zero-order valence-electron chi connectivity index (χ0n) is 25.2. The van der Waals surface area contributed by atoms with Gasteiger partial charge in [-0.25, -0.2) is 14.4 Å². The predicted octanol–water partition coefficient (Wildman–Crippen LogP) is 6.18. The van der Waals surface area contributed by atoms with E-state index in [1.54, 1.807) is 33.3 Å². The van der Waals surface area contributed by atoms with Crippen molar-refractivity contribution < 1.29 is 14.3 Å². The normalized spacial score (nSPS) is 20.5. The zero-order valence-corrected chi connectivity index (χ0v) is 26.7. The topological polar surface area (TPSA) is 101 Å². The highest BCUT2D eigenvalue weighted by Crippen LogP contribution is 2.37. The molecule has 2 N–H and O–H groups in total. The maximum absolute atomic E-state index is 14.4. The van der Waals surface area contributed by atoms with Gasteiger partial charge in [0.05, 0.1) is 35.2 Å². The standard InChI is InChI=1S/C33H35ClFN7O2S/c1-19-25(21-8-6-20(7-9-21)15-40(2)23-4-3-5-24(43)13-23)14-27(34)26-17-42(39-29(19)26)31(32(44)38-33-36-10-11-45-33)30-28-12-22(35)16-41(28)18-37-30/h6-11,14,17-18,22-24,31,43H,3-5,12-13,15-16H2,1-2H3,(H,36,38,44)/t22-,23?,24?,31?/m1/s1. The predicted molar refractivity (Wildman–Crippen MR) is 174 cm³/mol. The van der Waals surface area contributed by atoms with Gasteiger partial charge < -0.3 is 9.67 Å². The molecule has 1 aliphatic carbocycles. The van der Waals surface area contributed by atoms with E-state index in [1.165, 1.54) is 16.9 Å². The van der Waals surface area contributed by atoms with Gasteiger partial charge in [0, 0.05) is 47.9 Å². The number of nitrogens with zero attached hydrogens (tertiary/aromatic N) is 6. The molecule has 2 aliphatic rings. The van der Waals surface area contributed by atoms with Crippen molar-refractivity contribution >= 4 is 44.9 Å². The number of aliphatic hydroxyl groups is 1. The van der Waals surface area contributed by atoms with E-state index in [4.69, 9.17) is 16.7 Å². The highest BCUT2D eigenvalue weighted by atomic mass is 35.5. The highest BCUT2D eigenvalue weighted by Gasteiger charge is 2.34. The summed E-state index contributed by atoms with van der Waals surface area (Å²) in [5, 5.41) is 21.4. The van der Waals surface area contributed by atoms with Crippen LogP contribution in [-0.4, -0.2) is 65.6 Å². The number of halogens is 2. The Bertz CT molecular complexity index is 1840. The number of fused-ring (bicyclic) bond motifs is 2. The van der Waals surface area contributed by atoms with Gasteiger partial charge in [-0.3, -0.25) is 19.7 Å². The van der Waals surface area contributed by atoms with Crippen molar-refractivity contribution in [3.8, 4) is 11.1 Å². The van der Waals surface area contributed by atoms with Crippen molar-refractivity contribution in [1.82, 2.24) is 29.2 Å². The molecule has 4 heterocycles. The van der Waals surface area contributed by atoms with Gasteiger partial charge in [0.15, 0.2) is 11.2 Å². The van der Waals surface area contributed by atoms with Gasteiger partial charge in [-0.1, -0.05) is 35.9 Å². The second-order valence-corrected chi connectivity index (χ2v) is 13.5. The Morgan fingerprint density at radius 2 is 2.09 bits per heavy atom. The maximum atomic E-state index is 14.4. The molecule has 3 unspecified atom stereocenters. The molecule has 0 spiro atoms. The lowest BCUT2D eigenvalue weighted by Gasteiger charge is -2.33. The number of aromatic nitrogens is 5. The maximum Gasteiger partial charge on any atom is 0.257 e. The number of benzene rings is 2. The fourth-order valence-corrected chi connectivity index (χ4v) is 7.59. The van der Waals surface area contributed by atoms with E-state index in [1.807, 2.05) is 13.0 Å². The van der Waals surface area contributed by atoms with Crippen molar-refractivity contribution in [1.29, 1.82) is 0 Å². The second kappa shape index (κ2) is 12.3. The quantitative estimate of drug-likeness (QED) is 0.209. The molecule has 45 heavy (non-hydrogen) atoms. The third-order valence-electron chi connectivity index (χ3n) is 9.18. The van der Waals surface area contributed by atoms with E-state index in [0.29, 0.717) is 33.1 Å². The van der Waals surface area contributed by atoms with E-state index in [-0.39, 0.29) is 25.0 Å². The lowest BCUT2D eigenvalue weighted by Crippen LogP contribution is -2.37. The molecule has 9 nitrogen and oxygen atoms in total. The highest BCUT2D eigenvalue weighted by molar-refractivity contribution is 7.13. The fourth-order valence-electron chi connectivity index (χ4n) is 6.81. The Balaban J connectivity index is 1.20. The molecule has 0 saturated heterocycles. The van der Waals surface area contributed by atoms with Crippen LogP contribution < -0.4 is 5.32 Å². The summed E-state index contributed by atoms with van der Waals surface area (Å²) in [5.74, 6) is -0.362. The minimum atomic E-state index is -1.02. The van der Waals surface area contributed by atoms with Crippen LogP contribution in [0.3, 0.4) is 0 Å². The number of carbonyl (C=O) groups excluding carboxylic acids is 1. The minimum Gasteiger partial charge on any atom is -0.393 e. The molecular weight excluding hydrogens is 613 g/mol. The largest absolute Gasteiger partial charge is 0.393 e. The van der Waals surface area contributed by atoms with Gasteiger partial charge in [-0.15, -0.1) is 11.3 Å². The summed E-state index contributed by atoms with van der Waals surface area (Å²) in [6.07, 6.45) is 7.85. The van der Waals surface area contributed by atoms with Gasteiger partial charge in [0.25, 0.3) is 5.91 Å². The number of anilines is 1. The number of alkyl halides is 1. The number of thiazole rings is 1. The van der Waals surface area contributed by atoms with Crippen LogP contribution in [0.1, 0.15) is 54.2 Å². The van der Waals surface area contributed by atoms with E-state index >= 15 is 0 Å². The average Bonchev–Trinajstić information content (AvgIpc) is 3.82. The molecule has 1 saturated carbocycles. The SMILES string of the molecule is Cc1c(-c2ccc(CN(C)C3CCCC(O)C3)cc2)cc(Cl)c2cn(C(C(=O)Nc3nccs3)c3ncn4c3C[C@@H](F)C4)nc12. The minimum absolute atomic E-state index is 0.190. The fraction of sp³-hybridized carbons (Fsp3) is 0.394. The first-order chi connectivity index (χ1) is 21.7. The lowest BCUT2D eigenvalue weighted by atomic mass is 9.92. The Morgan fingerprint density at radius 1 is 1.27 bits per heavy atom. The summed E-state index contributed by atoms with van der Waals surface area (Å²) >= 11 is 8.19. The molecule has 2 aromatic carbocycles. The molecule has 0 bridgehead atoms. The Kier molecular flexibility index (Phi) is 8.20. The summed E-state index contributed by atoms with van der Waals surface area (Å²) in [6.45, 7) is 3.04. The van der Waals surface area contributed by atoms with Crippen LogP contribution in [0, 0.1) is 6.92 Å². The average molecular weight is 648 g/mol. The van der Waals surface area contributed by atoms with Crippen molar-refractivity contribution in [2.45, 2.75) is 76.5 Å². The van der Waals surface area contributed by atoms with Gasteiger partial charge in [0.2, 0.25) is 0 Å². The third-order valence-corrected chi connectivity index (χ3v) is 10.2. The van der Waals surface area contributed by atoms with E-state index < -0.39 is 12.2 Å². The van der Waals surface area contributed by atoms with Crippen LogP contribution in [0.25, 0.3) is 22.0 Å². The van der Waals surface area contributed by atoms with Crippen molar-refractivity contribution in [2.75, 3.05) is 12.4 Å². The van der Waals surface area contributed by atoms with Crippen LogP contribution in [0.4, 0.5) is 9.52 Å². The summed E-state index contributed by atoms with van der Waals surface area (Å²) < 4.78 is 17.7. The van der Waals surface area contributed by atoms with Crippen molar-refractivity contribution in [3.05, 3.63) is 82.0 Å². The number of hydrogen-bond donors (Lipinski definition) is 2. The Labute approximate surface area is 269 Å². The first kappa shape index (κ1) is 30.0. The Morgan fingerprint density at radius 3 is 2.84 bits per heavy atom. The number of carbonyl (C=O) groups is 1. The van der Waals surface area contributed by atoms with Gasteiger partial charge in [-0.05, 0) is 68.0 Å². The number of aryl methyl sites for hydroxylation is 1. The molecule has 7 rings (SSSR count). The lowest BCUT2D eigenvalue weighted by molar-refractivity contribution is -0.118. The first-order valence-electron chi connectivity index (χ1n) is 15.3. The summed E-state index contributed by atoms with van der Waals surface area (Å²) in [7, 11) is 2.13. The summed E-state index contributed by atoms with van der Waals surface area (Å²) in [6, 6.07) is 9.88. The zero-order chi connectivity index (χ0) is 31.2. The van der Waals surface area contributed by atoms with Crippen molar-refractivity contribution in [2.24, 2.45) is 0 Å². The number of aliphatic hydroxyl groups excluding tert-OH is 1. The molecule has 234 valence electrons. The summed E-state index contributed by atoms with van der Waals surface area (Å²) in [5.41, 5.74) is 5.96. The molecule has 1 fully saturated rings. The van der Waals surface area contributed by atoms with E-state index in [2.05, 4.69) is 51.5 Å². The van der Waals surface area contributed by atoms with Crippen LogP contribution in [0.5, 0.6) is 0 Å². The number of imidazole rings is 1. The molecule has 1 amide bonds. The van der Waals surface area contributed by atoms with Crippen molar-refractivity contribution in [3.63, 3.8) is 0 Å². The number of nitrogens with one attached hydrogen (secondary N) is 1. The molecule has 1 aliphatic heterocycles. The van der Waals surface area contributed by atoms with Gasteiger partial charge >= 0.3 is 0 Å². The number of amides is 1. The smallest absolute Gasteiger partial charge is 0.257 e. The third kappa shape index (κ3) is 5.90. The van der Waals surface area contributed by atoms with Crippen LogP contribution >= 0.6 is 22.9 Å². The first-order valence-corrected chi connectivity index (χ1v) is 16.5. The molecule has 5 aromatic rings. The molecular formula is C33H35ClFN7O2S. The van der Waals surface area contributed by atoms with E-state index in [0.717, 1.165) is 54.3 Å². The number of rotatable bonds is 8. The van der Waals surface area contributed by atoms with Crippen LogP contribution in [0.15, 0.2) is 54.4 Å². The Hall–Kier alpha value is -3.64. The van der Waals surface area contributed by atoms with Crippen LogP contribution in [0.2, 0.25) is 5.02 Å².